The van der Waals surface area contributed by atoms with Gasteiger partial charge in [0.2, 0.25) is 5.91 Å². The minimum absolute atomic E-state index is 0. The lowest BCUT2D eigenvalue weighted by Gasteiger charge is -2.28. The monoisotopic (exact) mass is 236 g/mol. The van der Waals surface area contributed by atoms with Crippen molar-refractivity contribution in [2.75, 3.05) is 26.3 Å². The summed E-state index contributed by atoms with van der Waals surface area (Å²) in [6, 6.07) is 0.169. The number of carbonyl (C=O) groups is 1. The van der Waals surface area contributed by atoms with Crippen LogP contribution in [0.4, 0.5) is 0 Å². The molecule has 0 aromatic rings. The highest BCUT2D eigenvalue weighted by Gasteiger charge is 2.26. The zero-order valence-corrected chi connectivity index (χ0v) is 10.2. The molecule has 1 saturated heterocycles. The van der Waals surface area contributed by atoms with Crippen LogP contribution in [0.5, 0.6) is 0 Å². The van der Waals surface area contributed by atoms with Gasteiger partial charge in [-0.3, -0.25) is 4.79 Å². The molecule has 0 radical (unpaired) electrons. The maximum Gasteiger partial charge on any atom is 0.225 e. The predicted octanol–water partition coefficient (Wildman–Crippen LogP) is 0.559. The topological polar surface area (TPSA) is 50.4 Å². The van der Waals surface area contributed by atoms with Gasteiger partial charge in [-0.05, 0) is 13.3 Å². The molecule has 0 spiro atoms. The number of rotatable bonds is 6. The first kappa shape index (κ1) is 14.7. The van der Waals surface area contributed by atoms with Crippen molar-refractivity contribution in [1.29, 1.82) is 0 Å². The minimum atomic E-state index is 0. The molecule has 4 nitrogen and oxygen atoms in total. The van der Waals surface area contributed by atoms with Crippen LogP contribution in [0.25, 0.3) is 0 Å². The Bertz CT molecular complexity index is 186. The molecule has 1 rings (SSSR count). The summed E-state index contributed by atoms with van der Waals surface area (Å²) in [6.07, 6.45) is 0.923. The zero-order chi connectivity index (χ0) is 10.4. The Kier molecular flexibility index (Phi) is 7.74. The van der Waals surface area contributed by atoms with Gasteiger partial charge in [0.25, 0.3) is 0 Å². The third kappa shape index (κ3) is 4.82. The van der Waals surface area contributed by atoms with E-state index in [1.165, 1.54) is 0 Å². The van der Waals surface area contributed by atoms with E-state index in [1.54, 1.807) is 0 Å². The Balaban J connectivity index is 0.00000196. The van der Waals surface area contributed by atoms with E-state index in [0.717, 1.165) is 19.5 Å². The minimum Gasteiger partial charge on any atom is -0.380 e. The molecule has 1 atom stereocenters. The van der Waals surface area contributed by atoms with Gasteiger partial charge in [-0.1, -0.05) is 6.92 Å². The molecule has 0 aromatic carbocycles. The molecule has 1 unspecified atom stereocenters. The number of nitrogens with one attached hydrogen (secondary N) is 2. The number of hydrogen-bond donors (Lipinski definition) is 2. The van der Waals surface area contributed by atoms with E-state index < -0.39 is 0 Å². The van der Waals surface area contributed by atoms with E-state index in [1.807, 2.05) is 6.92 Å². The summed E-state index contributed by atoms with van der Waals surface area (Å²) in [5, 5.41) is 6.08. The highest BCUT2D eigenvalue weighted by molar-refractivity contribution is 5.85. The van der Waals surface area contributed by atoms with Gasteiger partial charge < -0.3 is 15.4 Å². The lowest BCUT2D eigenvalue weighted by molar-refractivity contribution is -0.127. The molecule has 5 heteroatoms. The average molecular weight is 237 g/mol. The second-order valence-electron chi connectivity index (χ2n) is 3.63. The molecule has 0 saturated carbocycles. The number of carbonyl (C=O) groups excluding carboxylic acids is 1. The van der Waals surface area contributed by atoms with Gasteiger partial charge in [-0.15, -0.1) is 12.4 Å². The molecule has 1 aliphatic heterocycles. The summed E-state index contributed by atoms with van der Waals surface area (Å²) in [5.41, 5.74) is 0. The SMILES string of the molecule is CCOCC(CC)NC(=O)C1CNC1.Cl. The van der Waals surface area contributed by atoms with Crippen LogP contribution in [0.3, 0.4) is 0 Å². The smallest absolute Gasteiger partial charge is 0.225 e. The van der Waals surface area contributed by atoms with Crippen molar-refractivity contribution in [3.8, 4) is 0 Å². The van der Waals surface area contributed by atoms with Gasteiger partial charge in [0.05, 0.1) is 18.6 Å². The molecule has 0 bridgehead atoms. The molecule has 2 N–H and O–H groups in total. The van der Waals surface area contributed by atoms with Crippen LogP contribution in [0.15, 0.2) is 0 Å². The number of amides is 1. The number of halogens is 1. The summed E-state index contributed by atoms with van der Waals surface area (Å²) in [4.78, 5) is 11.6. The van der Waals surface area contributed by atoms with Crippen LogP contribution < -0.4 is 10.6 Å². The molecule has 15 heavy (non-hydrogen) atoms. The molecule has 90 valence electrons. The first-order valence-electron chi connectivity index (χ1n) is 5.36. The summed E-state index contributed by atoms with van der Waals surface area (Å²) < 4.78 is 5.29. The molecular formula is C10H21ClN2O2. The zero-order valence-electron chi connectivity index (χ0n) is 9.41. The van der Waals surface area contributed by atoms with E-state index in [9.17, 15) is 4.79 Å². The lowest BCUT2D eigenvalue weighted by Crippen LogP contribution is -2.53. The maximum absolute atomic E-state index is 11.6. The van der Waals surface area contributed by atoms with Gasteiger partial charge in [0.15, 0.2) is 0 Å². The highest BCUT2D eigenvalue weighted by Crippen LogP contribution is 2.03. The van der Waals surface area contributed by atoms with Crippen molar-refractivity contribution in [3.05, 3.63) is 0 Å². The third-order valence-corrected chi connectivity index (χ3v) is 2.51. The molecule has 0 aromatic heterocycles. The van der Waals surface area contributed by atoms with Gasteiger partial charge in [0.1, 0.15) is 0 Å². The van der Waals surface area contributed by atoms with Gasteiger partial charge in [-0.25, -0.2) is 0 Å². The molecule has 1 fully saturated rings. The second kappa shape index (κ2) is 7.91. The first-order chi connectivity index (χ1) is 6.77. The Morgan fingerprint density at radius 3 is 2.60 bits per heavy atom. The van der Waals surface area contributed by atoms with Crippen LogP contribution in [0.2, 0.25) is 0 Å². The molecule has 1 heterocycles. The molecule has 0 aliphatic carbocycles. The van der Waals surface area contributed by atoms with Crippen LogP contribution in [-0.2, 0) is 9.53 Å². The van der Waals surface area contributed by atoms with Crippen LogP contribution in [0, 0.1) is 5.92 Å². The summed E-state index contributed by atoms with van der Waals surface area (Å²) in [5.74, 6) is 0.334. The fourth-order valence-electron chi connectivity index (χ4n) is 1.31. The quantitative estimate of drug-likeness (QED) is 0.709. The van der Waals surface area contributed by atoms with Crippen molar-refractivity contribution in [3.63, 3.8) is 0 Å². The Morgan fingerprint density at radius 2 is 2.20 bits per heavy atom. The van der Waals surface area contributed by atoms with Crippen molar-refractivity contribution < 1.29 is 9.53 Å². The number of hydrogen-bond acceptors (Lipinski definition) is 3. The normalized spacial score (nSPS) is 17.5. The van der Waals surface area contributed by atoms with Crippen molar-refractivity contribution in [2.24, 2.45) is 5.92 Å². The second-order valence-corrected chi connectivity index (χ2v) is 3.63. The standard InChI is InChI=1S/C10H20N2O2.ClH/c1-3-9(7-14-4-2)12-10(13)8-5-11-6-8;/h8-9,11H,3-7H2,1-2H3,(H,12,13);1H. The van der Waals surface area contributed by atoms with Gasteiger partial charge in [-0.2, -0.15) is 0 Å². The fraction of sp³-hybridized carbons (Fsp3) is 0.900. The van der Waals surface area contributed by atoms with Crippen molar-refractivity contribution in [1.82, 2.24) is 10.6 Å². The van der Waals surface area contributed by atoms with E-state index in [-0.39, 0.29) is 30.3 Å². The van der Waals surface area contributed by atoms with Gasteiger partial charge >= 0.3 is 0 Å². The van der Waals surface area contributed by atoms with Crippen molar-refractivity contribution in [2.45, 2.75) is 26.3 Å². The molecular weight excluding hydrogens is 216 g/mol. The van der Waals surface area contributed by atoms with E-state index >= 15 is 0 Å². The number of ether oxygens (including phenoxy) is 1. The van der Waals surface area contributed by atoms with Crippen LogP contribution in [0.1, 0.15) is 20.3 Å². The fourth-order valence-corrected chi connectivity index (χ4v) is 1.31. The molecule has 1 amide bonds. The first-order valence-corrected chi connectivity index (χ1v) is 5.36. The van der Waals surface area contributed by atoms with Crippen LogP contribution in [-0.4, -0.2) is 38.3 Å². The summed E-state index contributed by atoms with van der Waals surface area (Å²) >= 11 is 0. The van der Waals surface area contributed by atoms with E-state index in [2.05, 4.69) is 17.6 Å². The van der Waals surface area contributed by atoms with Gasteiger partial charge in [0, 0.05) is 19.7 Å². The van der Waals surface area contributed by atoms with Crippen LogP contribution >= 0.6 is 12.4 Å². The predicted molar refractivity (Wildman–Crippen MR) is 62.3 cm³/mol. The average Bonchev–Trinajstić information content (AvgIpc) is 2.09. The summed E-state index contributed by atoms with van der Waals surface area (Å²) in [6.45, 7) is 6.98. The lowest BCUT2D eigenvalue weighted by atomic mass is 10.0. The van der Waals surface area contributed by atoms with Crippen molar-refractivity contribution >= 4 is 18.3 Å². The Morgan fingerprint density at radius 1 is 1.53 bits per heavy atom. The van der Waals surface area contributed by atoms with E-state index in [0.29, 0.717) is 13.2 Å². The summed E-state index contributed by atoms with van der Waals surface area (Å²) in [7, 11) is 0. The maximum atomic E-state index is 11.6. The Labute approximate surface area is 97.5 Å². The largest absolute Gasteiger partial charge is 0.380 e. The molecule has 1 aliphatic rings. The highest BCUT2D eigenvalue weighted by atomic mass is 35.5. The van der Waals surface area contributed by atoms with E-state index in [4.69, 9.17) is 4.74 Å². The Hall–Kier alpha value is -0.320. The third-order valence-electron chi connectivity index (χ3n) is 2.51.